The van der Waals surface area contributed by atoms with Crippen LogP contribution in [0.25, 0.3) is 21.9 Å². The molecule has 2 aromatic heterocycles. The van der Waals surface area contributed by atoms with Gasteiger partial charge in [-0.1, -0.05) is 0 Å². The van der Waals surface area contributed by atoms with Crippen molar-refractivity contribution < 1.29 is 9.29 Å². The van der Waals surface area contributed by atoms with Crippen LogP contribution in [-0.4, -0.2) is 41.1 Å². The molecule has 3 N–H and O–H groups in total. The lowest BCUT2D eigenvalue weighted by molar-refractivity contribution is -0.894. The molecule has 1 aromatic carbocycles. The highest BCUT2D eigenvalue weighted by Crippen LogP contribution is 2.27. The second kappa shape index (κ2) is 6.27. The molecule has 0 aliphatic heterocycles. The topological polar surface area (TPSA) is 58.0 Å². The first-order valence-electron chi connectivity index (χ1n) is 7.72. The summed E-state index contributed by atoms with van der Waals surface area (Å²) in [5, 5.41) is 4.15. The molecule has 3 aromatic rings. The number of quaternary nitrogens is 1. The van der Waals surface area contributed by atoms with Gasteiger partial charge in [0.05, 0.1) is 26.2 Å². The van der Waals surface area contributed by atoms with E-state index in [9.17, 15) is 4.39 Å². The number of H-pyrrole nitrogens is 1. The quantitative estimate of drug-likeness (QED) is 0.648. The summed E-state index contributed by atoms with van der Waals surface area (Å²) >= 11 is 0. The molecule has 2 heterocycles. The van der Waals surface area contributed by atoms with Gasteiger partial charge in [-0.05, 0) is 32.0 Å². The first kappa shape index (κ1) is 14.7. The van der Waals surface area contributed by atoms with Gasteiger partial charge in [0, 0.05) is 10.9 Å². The minimum Gasteiger partial charge on any atom is -0.363 e. The number of benzene rings is 1. The third kappa shape index (κ3) is 2.74. The van der Waals surface area contributed by atoms with Crippen molar-refractivity contribution in [1.82, 2.24) is 15.0 Å². The number of fused-ring (bicyclic) bond motifs is 3. The Kier molecular flexibility index (Phi) is 4.20. The first-order chi connectivity index (χ1) is 10.7. The van der Waals surface area contributed by atoms with Gasteiger partial charge in [-0.15, -0.1) is 0 Å². The summed E-state index contributed by atoms with van der Waals surface area (Å²) in [5.74, 6) is 0.514. The highest BCUT2D eigenvalue weighted by atomic mass is 19.1. The molecule has 0 saturated carbocycles. The Morgan fingerprint density at radius 1 is 1.23 bits per heavy atom. The van der Waals surface area contributed by atoms with Gasteiger partial charge in [-0.3, -0.25) is 0 Å². The highest BCUT2D eigenvalue weighted by Gasteiger charge is 2.11. The molecule has 0 spiro atoms. The summed E-state index contributed by atoms with van der Waals surface area (Å²) in [5.41, 5.74) is 2.45. The molecule has 3 rings (SSSR count). The van der Waals surface area contributed by atoms with E-state index in [0.717, 1.165) is 53.9 Å². The Labute approximate surface area is 128 Å². The molecule has 0 fully saturated rings. The number of aromatic nitrogens is 3. The average molecular weight is 302 g/mol. The van der Waals surface area contributed by atoms with E-state index >= 15 is 0 Å². The Balaban J connectivity index is 1.89. The predicted octanol–water partition coefficient (Wildman–Crippen LogP) is 1.59. The van der Waals surface area contributed by atoms with E-state index in [2.05, 4.69) is 34.1 Å². The minimum atomic E-state index is -0.258. The van der Waals surface area contributed by atoms with E-state index in [1.807, 2.05) is 0 Å². The van der Waals surface area contributed by atoms with Crippen molar-refractivity contribution in [2.75, 3.05) is 31.5 Å². The van der Waals surface area contributed by atoms with Crippen LogP contribution in [0.1, 0.15) is 13.8 Å². The molecule has 0 unspecified atom stereocenters. The fourth-order valence-corrected chi connectivity index (χ4v) is 2.76. The summed E-state index contributed by atoms with van der Waals surface area (Å²) in [6.07, 6.45) is 1.52. The number of likely N-dealkylation sites (N-methyl/N-ethyl adjacent to an activating group) is 1. The largest absolute Gasteiger partial charge is 0.363 e. The zero-order valence-corrected chi connectivity index (χ0v) is 12.9. The third-order valence-corrected chi connectivity index (χ3v) is 4.11. The molecular formula is C16H21FN5+. The number of hydrogen-bond acceptors (Lipinski definition) is 3. The zero-order valence-electron chi connectivity index (χ0n) is 12.9. The Morgan fingerprint density at radius 3 is 2.82 bits per heavy atom. The lowest BCUT2D eigenvalue weighted by Crippen LogP contribution is -3.12. The molecule has 5 nitrogen and oxygen atoms in total. The number of anilines is 1. The second-order valence-electron chi connectivity index (χ2n) is 5.39. The van der Waals surface area contributed by atoms with E-state index in [1.165, 1.54) is 23.4 Å². The molecule has 6 heteroatoms. The maximum absolute atomic E-state index is 13.4. The standard InChI is InChI=1S/C16H20FN5/c1-3-22(4-2)8-7-18-16-15-14(19-10-20-16)12-9-11(17)5-6-13(12)21-15/h5-6,9-10,21H,3-4,7-8H2,1-2H3,(H,18,19,20)/p+1. The fraction of sp³-hybridized carbons (Fsp3) is 0.375. The van der Waals surface area contributed by atoms with Crippen molar-refractivity contribution >= 4 is 27.8 Å². The molecule has 116 valence electrons. The van der Waals surface area contributed by atoms with E-state index in [-0.39, 0.29) is 5.82 Å². The van der Waals surface area contributed by atoms with Gasteiger partial charge in [-0.2, -0.15) is 0 Å². The molecule has 0 atom stereocenters. The van der Waals surface area contributed by atoms with E-state index < -0.39 is 0 Å². The van der Waals surface area contributed by atoms with Crippen molar-refractivity contribution in [3.8, 4) is 0 Å². The van der Waals surface area contributed by atoms with E-state index in [0.29, 0.717) is 0 Å². The van der Waals surface area contributed by atoms with Gasteiger partial charge in [0.25, 0.3) is 0 Å². The van der Waals surface area contributed by atoms with E-state index in [4.69, 9.17) is 0 Å². The lowest BCUT2D eigenvalue weighted by Gasteiger charge is -2.15. The summed E-state index contributed by atoms with van der Waals surface area (Å²) in [4.78, 5) is 13.4. The number of nitrogens with zero attached hydrogens (tertiary/aromatic N) is 2. The Bertz CT molecular complexity index is 779. The summed E-state index contributed by atoms with van der Waals surface area (Å²) in [7, 11) is 0. The van der Waals surface area contributed by atoms with Gasteiger partial charge in [0.1, 0.15) is 23.2 Å². The van der Waals surface area contributed by atoms with Gasteiger partial charge in [0.15, 0.2) is 5.82 Å². The second-order valence-corrected chi connectivity index (χ2v) is 5.39. The number of hydrogen-bond donors (Lipinski definition) is 3. The summed E-state index contributed by atoms with van der Waals surface area (Å²) < 4.78 is 13.4. The van der Waals surface area contributed by atoms with E-state index in [1.54, 1.807) is 6.07 Å². The van der Waals surface area contributed by atoms with Gasteiger partial charge < -0.3 is 15.2 Å². The molecule has 0 radical (unpaired) electrons. The molecule has 0 aliphatic carbocycles. The molecule has 0 aliphatic rings. The Morgan fingerprint density at radius 2 is 2.05 bits per heavy atom. The third-order valence-electron chi connectivity index (χ3n) is 4.11. The lowest BCUT2D eigenvalue weighted by atomic mass is 10.2. The molecule has 0 bridgehead atoms. The number of aromatic amines is 1. The monoisotopic (exact) mass is 302 g/mol. The smallest absolute Gasteiger partial charge is 0.154 e. The van der Waals surface area contributed by atoms with Crippen LogP contribution in [0.4, 0.5) is 10.2 Å². The van der Waals surface area contributed by atoms with Crippen molar-refractivity contribution in [2.24, 2.45) is 0 Å². The molecular weight excluding hydrogens is 281 g/mol. The van der Waals surface area contributed by atoms with Crippen LogP contribution in [-0.2, 0) is 0 Å². The number of halogens is 1. The van der Waals surface area contributed by atoms with Gasteiger partial charge in [-0.25, -0.2) is 14.4 Å². The summed E-state index contributed by atoms with van der Waals surface area (Å²) in [6, 6.07) is 4.68. The van der Waals surface area contributed by atoms with Crippen molar-refractivity contribution in [3.05, 3.63) is 30.3 Å². The van der Waals surface area contributed by atoms with Crippen LogP contribution in [0.5, 0.6) is 0 Å². The maximum Gasteiger partial charge on any atom is 0.154 e. The molecule has 0 amide bonds. The Hall–Kier alpha value is -2.21. The normalized spacial score (nSPS) is 11.6. The average Bonchev–Trinajstić information content (AvgIpc) is 2.90. The van der Waals surface area contributed by atoms with Crippen molar-refractivity contribution in [2.45, 2.75) is 13.8 Å². The minimum absolute atomic E-state index is 0.258. The van der Waals surface area contributed by atoms with Crippen LogP contribution >= 0.6 is 0 Å². The van der Waals surface area contributed by atoms with Crippen LogP contribution < -0.4 is 10.2 Å². The van der Waals surface area contributed by atoms with Crippen LogP contribution in [0.3, 0.4) is 0 Å². The number of rotatable bonds is 6. The van der Waals surface area contributed by atoms with Gasteiger partial charge in [0.2, 0.25) is 0 Å². The van der Waals surface area contributed by atoms with Crippen molar-refractivity contribution in [3.63, 3.8) is 0 Å². The van der Waals surface area contributed by atoms with Crippen LogP contribution in [0.2, 0.25) is 0 Å². The van der Waals surface area contributed by atoms with Crippen molar-refractivity contribution in [1.29, 1.82) is 0 Å². The predicted molar refractivity (Wildman–Crippen MR) is 86.8 cm³/mol. The number of nitrogens with one attached hydrogen (secondary N) is 3. The van der Waals surface area contributed by atoms with Crippen LogP contribution in [0.15, 0.2) is 24.5 Å². The summed E-state index contributed by atoms with van der Waals surface area (Å²) in [6.45, 7) is 8.48. The fourth-order valence-electron chi connectivity index (χ4n) is 2.76. The maximum atomic E-state index is 13.4. The first-order valence-corrected chi connectivity index (χ1v) is 7.72. The SMILES string of the molecule is CC[NH+](CC)CCNc1ncnc2c1[nH]c1ccc(F)cc12. The molecule has 0 saturated heterocycles. The van der Waals surface area contributed by atoms with Gasteiger partial charge >= 0.3 is 0 Å². The highest BCUT2D eigenvalue weighted by molar-refractivity contribution is 6.07. The van der Waals surface area contributed by atoms with Crippen LogP contribution in [0, 0.1) is 5.82 Å². The molecule has 22 heavy (non-hydrogen) atoms. The zero-order chi connectivity index (χ0) is 15.5.